The molecule has 0 bridgehead atoms. The lowest BCUT2D eigenvalue weighted by atomic mass is 9.79. The molecule has 0 radical (unpaired) electrons. The molecule has 0 amide bonds. The van der Waals surface area contributed by atoms with Crippen LogP contribution in [0.3, 0.4) is 0 Å². The monoisotopic (exact) mass is 707 g/mol. The minimum Gasteiger partial charge on any atom is -0.308 e. The molecule has 1 nitrogen and oxygen atoms in total. The number of benzene rings is 9. The third kappa shape index (κ3) is 3.81. The number of para-hydroxylation sites is 2. The first-order chi connectivity index (χ1) is 26.3. The molecule has 256 valence electrons. The molecule has 0 unspecified atom stereocenters. The Hall–Kier alpha value is -5.83. The van der Waals surface area contributed by atoms with Gasteiger partial charge in [-0.15, -0.1) is 0 Å². The molecular weight excluding hydrogens is 671 g/mol. The molecule has 2 heteroatoms. The highest BCUT2D eigenvalue weighted by molar-refractivity contribution is 7.99. The van der Waals surface area contributed by atoms with Crippen molar-refractivity contribution in [2.75, 3.05) is 4.90 Å². The van der Waals surface area contributed by atoms with E-state index in [0.717, 1.165) is 0 Å². The molecule has 2 aliphatic carbocycles. The molecule has 0 saturated carbocycles. The van der Waals surface area contributed by atoms with Gasteiger partial charge in [-0.25, -0.2) is 0 Å². The third-order valence-corrected chi connectivity index (χ3v) is 14.1. The van der Waals surface area contributed by atoms with E-state index in [1.54, 1.807) is 0 Å². The second kappa shape index (κ2) is 10.4. The summed E-state index contributed by atoms with van der Waals surface area (Å²) < 4.78 is 0. The summed E-state index contributed by atoms with van der Waals surface area (Å²) in [4.78, 5) is 5.09. The van der Waals surface area contributed by atoms with E-state index in [1.165, 1.54) is 114 Å². The van der Waals surface area contributed by atoms with E-state index >= 15 is 0 Å². The van der Waals surface area contributed by atoms with Gasteiger partial charge < -0.3 is 4.90 Å². The Morgan fingerprint density at radius 1 is 0.352 bits per heavy atom. The molecule has 0 N–H and O–H groups in total. The highest BCUT2D eigenvalue weighted by Crippen LogP contribution is 2.60. The van der Waals surface area contributed by atoms with Gasteiger partial charge in [0.15, 0.2) is 0 Å². The van der Waals surface area contributed by atoms with Crippen molar-refractivity contribution in [2.24, 2.45) is 0 Å². The Labute approximate surface area is 319 Å². The van der Waals surface area contributed by atoms with Crippen molar-refractivity contribution in [2.45, 2.75) is 48.3 Å². The first-order valence-electron chi connectivity index (χ1n) is 19.1. The van der Waals surface area contributed by atoms with Crippen LogP contribution in [0, 0.1) is 0 Å². The van der Waals surface area contributed by atoms with Crippen molar-refractivity contribution >= 4 is 71.9 Å². The quantitative estimate of drug-likeness (QED) is 0.156. The lowest BCUT2D eigenvalue weighted by Gasteiger charge is -2.34. The predicted molar refractivity (Wildman–Crippen MR) is 230 cm³/mol. The Morgan fingerprint density at radius 3 is 1.41 bits per heavy atom. The van der Waals surface area contributed by atoms with Crippen LogP contribution in [0.1, 0.15) is 49.9 Å². The highest BCUT2D eigenvalue weighted by atomic mass is 32.2. The molecule has 0 spiro atoms. The molecule has 0 fully saturated rings. The van der Waals surface area contributed by atoms with Crippen molar-refractivity contribution < 1.29 is 0 Å². The van der Waals surface area contributed by atoms with Gasteiger partial charge in [0.1, 0.15) is 0 Å². The van der Waals surface area contributed by atoms with Crippen LogP contribution in [0.2, 0.25) is 0 Å². The van der Waals surface area contributed by atoms with Crippen LogP contribution in [0.25, 0.3) is 65.3 Å². The summed E-state index contributed by atoms with van der Waals surface area (Å²) in [5, 5.41) is 10.6. The summed E-state index contributed by atoms with van der Waals surface area (Å²) in [6.07, 6.45) is 0. The smallest absolute Gasteiger partial charge is 0.0601 e. The summed E-state index contributed by atoms with van der Waals surface area (Å²) >= 11 is 1.87. The van der Waals surface area contributed by atoms with Crippen molar-refractivity contribution in [1.29, 1.82) is 0 Å². The molecule has 12 rings (SSSR count). The normalized spacial score (nSPS) is 15.6. The van der Waals surface area contributed by atoms with Crippen LogP contribution < -0.4 is 4.90 Å². The average molecular weight is 708 g/mol. The summed E-state index contributed by atoms with van der Waals surface area (Å²) in [6.45, 7) is 9.75. The summed E-state index contributed by atoms with van der Waals surface area (Å²) in [6, 6.07) is 57.5. The molecule has 1 aliphatic heterocycles. The van der Waals surface area contributed by atoms with Gasteiger partial charge in [-0.05, 0) is 137 Å². The largest absolute Gasteiger partial charge is 0.308 e. The van der Waals surface area contributed by atoms with Crippen LogP contribution >= 0.6 is 11.8 Å². The van der Waals surface area contributed by atoms with E-state index in [1.807, 2.05) is 11.8 Å². The molecule has 0 atom stereocenters. The van der Waals surface area contributed by atoms with Crippen molar-refractivity contribution in [3.63, 3.8) is 0 Å². The fourth-order valence-corrected chi connectivity index (χ4v) is 11.4. The maximum Gasteiger partial charge on any atom is 0.0601 e. The van der Waals surface area contributed by atoms with Gasteiger partial charge in [0.2, 0.25) is 0 Å². The van der Waals surface area contributed by atoms with Crippen LogP contribution in [0.4, 0.5) is 17.1 Å². The number of nitrogens with zero attached hydrogens (tertiary/aromatic N) is 1. The molecule has 9 aromatic carbocycles. The Balaban J connectivity index is 1.12. The van der Waals surface area contributed by atoms with Gasteiger partial charge >= 0.3 is 0 Å². The SMILES string of the molecule is CC1(C)c2cc3c(cc2-c2cc4c5ccccc5c5ccccc5c4cc21)C(C)(C)c1cc(N2c4ccccc4Sc4ccccc42)c2ccccc2c1-3. The first kappa shape index (κ1) is 30.6. The number of rotatable bonds is 1. The van der Waals surface area contributed by atoms with Crippen LogP contribution in [0.5, 0.6) is 0 Å². The van der Waals surface area contributed by atoms with Crippen LogP contribution in [0.15, 0.2) is 161 Å². The topological polar surface area (TPSA) is 3.24 Å². The van der Waals surface area contributed by atoms with Gasteiger partial charge in [0.25, 0.3) is 0 Å². The molecule has 3 aliphatic rings. The highest BCUT2D eigenvalue weighted by Gasteiger charge is 2.43. The van der Waals surface area contributed by atoms with Gasteiger partial charge in [-0.3, -0.25) is 0 Å². The van der Waals surface area contributed by atoms with Crippen molar-refractivity contribution in [1.82, 2.24) is 0 Å². The minimum absolute atomic E-state index is 0.151. The van der Waals surface area contributed by atoms with Gasteiger partial charge in [-0.1, -0.05) is 137 Å². The van der Waals surface area contributed by atoms with Crippen LogP contribution in [-0.2, 0) is 10.8 Å². The number of anilines is 3. The van der Waals surface area contributed by atoms with E-state index in [2.05, 4.69) is 184 Å². The molecule has 1 heterocycles. The molecular formula is C52H37NS. The van der Waals surface area contributed by atoms with E-state index in [4.69, 9.17) is 0 Å². The van der Waals surface area contributed by atoms with E-state index in [9.17, 15) is 0 Å². The first-order valence-corrected chi connectivity index (χ1v) is 19.9. The zero-order valence-corrected chi connectivity index (χ0v) is 31.6. The predicted octanol–water partition coefficient (Wildman–Crippen LogP) is 14.8. The van der Waals surface area contributed by atoms with Gasteiger partial charge in [-0.2, -0.15) is 0 Å². The van der Waals surface area contributed by atoms with E-state index in [-0.39, 0.29) is 10.8 Å². The van der Waals surface area contributed by atoms with Crippen molar-refractivity contribution in [3.8, 4) is 22.3 Å². The molecule has 54 heavy (non-hydrogen) atoms. The summed E-state index contributed by atoms with van der Waals surface area (Å²) in [5.74, 6) is 0. The molecule has 0 aromatic heterocycles. The fraction of sp³-hybridized carbons (Fsp3) is 0.115. The van der Waals surface area contributed by atoms with Gasteiger partial charge in [0, 0.05) is 26.0 Å². The fourth-order valence-electron chi connectivity index (χ4n) is 10.3. The lowest BCUT2D eigenvalue weighted by molar-refractivity contribution is 0.652. The lowest BCUT2D eigenvalue weighted by Crippen LogP contribution is -2.18. The maximum atomic E-state index is 2.58. The number of fused-ring (bicyclic) bond motifs is 16. The molecule has 9 aromatic rings. The van der Waals surface area contributed by atoms with E-state index in [0.29, 0.717) is 0 Å². The number of hydrogen-bond donors (Lipinski definition) is 0. The van der Waals surface area contributed by atoms with E-state index < -0.39 is 0 Å². The van der Waals surface area contributed by atoms with Crippen LogP contribution in [-0.4, -0.2) is 0 Å². The Morgan fingerprint density at radius 2 is 0.778 bits per heavy atom. The summed E-state index contributed by atoms with van der Waals surface area (Å²) in [7, 11) is 0. The van der Waals surface area contributed by atoms with Crippen molar-refractivity contribution in [3.05, 3.63) is 174 Å². The third-order valence-electron chi connectivity index (χ3n) is 13.0. The molecule has 0 saturated heterocycles. The average Bonchev–Trinajstić information content (AvgIpc) is 3.56. The maximum absolute atomic E-state index is 2.58. The summed E-state index contributed by atoms with van der Waals surface area (Å²) in [5.41, 5.74) is 14.6. The second-order valence-corrected chi connectivity index (χ2v) is 17.5. The van der Waals surface area contributed by atoms with Gasteiger partial charge in [0.05, 0.1) is 17.1 Å². The zero-order chi connectivity index (χ0) is 36.1. The minimum atomic E-state index is -0.200. The Kier molecular flexibility index (Phi) is 5.91. The number of hydrogen-bond acceptors (Lipinski definition) is 2. The Bertz CT molecular complexity index is 3100. The zero-order valence-electron chi connectivity index (χ0n) is 30.8. The standard InChI is InChI=1S/C52H37NS/c1-51(2)41-26-37-33-18-8-6-16-31(33)30-15-5-7-17-32(30)36(37)25-38(41)39-27-43-40(28-42(39)51)50-35-20-10-9-19-34(35)47(29-44(50)52(43,3)4)53-45-21-11-13-23-48(45)54-49-24-14-12-22-46(49)53/h5-29H,1-4H3. The second-order valence-electron chi connectivity index (χ2n) is 16.5.